The first-order valence-corrected chi connectivity index (χ1v) is 8.12. The van der Waals surface area contributed by atoms with Crippen LogP contribution in [0, 0.1) is 0 Å². The van der Waals surface area contributed by atoms with E-state index in [9.17, 15) is 19.8 Å². The normalized spacial score (nSPS) is 12.6. The Morgan fingerprint density at radius 2 is 1.21 bits per heavy atom. The van der Waals surface area contributed by atoms with E-state index in [1.165, 1.54) is 50.9 Å². The maximum atomic E-state index is 11.6. The Morgan fingerprint density at radius 1 is 0.857 bits per heavy atom. The molecule has 2 unspecified atom stereocenters. The first-order valence-electron chi connectivity index (χ1n) is 8.12. The van der Waals surface area contributed by atoms with Crippen molar-refractivity contribution in [3.63, 3.8) is 0 Å². The summed E-state index contributed by atoms with van der Waals surface area (Å²) in [7, 11) is 2.39. The summed E-state index contributed by atoms with van der Waals surface area (Å²) < 4.78 is 9.12. The van der Waals surface area contributed by atoms with Crippen molar-refractivity contribution >= 4 is 11.9 Å². The Balaban J connectivity index is 2.34. The molecule has 2 aromatic rings. The lowest BCUT2D eigenvalue weighted by Gasteiger charge is -2.14. The molecule has 0 aliphatic rings. The van der Waals surface area contributed by atoms with Gasteiger partial charge in [0.25, 0.3) is 0 Å². The van der Waals surface area contributed by atoms with Gasteiger partial charge in [-0.2, -0.15) is 0 Å². The average Bonchev–Trinajstić information content (AvgIpc) is 2.75. The molecule has 28 heavy (non-hydrogen) atoms. The molecule has 2 rings (SSSR count). The first kappa shape index (κ1) is 20.9. The molecule has 0 fully saturated rings. The van der Waals surface area contributed by atoms with Gasteiger partial charge in [-0.3, -0.25) is 9.97 Å². The van der Waals surface area contributed by atoms with Crippen molar-refractivity contribution in [2.75, 3.05) is 14.2 Å². The molecule has 0 spiro atoms. The van der Waals surface area contributed by atoms with Crippen molar-refractivity contribution in [3.05, 3.63) is 72.1 Å². The molecule has 0 aliphatic heterocycles. The van der Waals surface area contributed by atoms with E-state index in [1.54, 1.807) is 0 Å². The fraction of sp³-hybridized carbons (Fsp3) is 0.200. The molecule has 0 saturated carbocycles. The number of esters is 2. The number of pyridine rings is 2. The molecule has 2 N–H and O–H groups in total. The van der Waals surface area contributed by atoms with Crippen LogP contribution < -0.4 is 0 Å². The van der Waals surface area contributed by atoms with Gasteiger partial charge < -0.3 is 19.7 Å². The summed E-state index contributed by atoms with van der Waals surface area (Å²) in [6, 6.07) is 6.12. The van der Waals surface area contributed by atoms with Gasteiger partial charge in [0.05, 0.1) is 36.8 Å². The zero-order valence-electron chi connectivity index (χ0n) is 15.5. The van der Waals surface area contributed by atoms with E-state index in [-0.39, 0.29) is 11.1 Å². The van der Waals surface area contributed by atoms with Crippen molar-refractivity contribution in [3.8, 4) is 11.4 Å². The molecule has 0 radical (unpaired) electrons. The summed E-state index contributed by atoms with van der Waals surface area (Å²) in [6.45, 7) is 7.08. The summed E-state index contributed by atoms with van der Waals surface area (Å²) in [5.74, 6) is -1.45. The third kappa shape index (κ3) is 4.48. The summed E-state index contributed by atoms with van der Waals surface area (Å²) >= 11 is 0. The number of rotatable bonds is 7. The minimum absolute atomic E-state index is 0.119. The molecular formula is C20H20N2O6. The van der Waals surface area contributed by atoms with Crippen molar-refractivity contribution in [2.45, 2.75) is 12.2 Å². The third-order valence-corrected chi connectivity index (χ3v) is 4.02. The van der Waals surface area contributed by atoms with Gasteiger partial charge in [-0.15, -0.1) is 0 Å². The van der Waals surface area contributed by atoms with Gasteiger partial charge in [0, 0.05) is 12.4 Å². The Kier molecular flexibility index (Phi) is 6.75. The minimum atomic E-state index is -1.28. The van der Waals surface area contributed by atoms with Crippen molar-refractivity contribution in [1.29, 1.82) is 0 Å². The van der Waals surface area contributed by atoms with Gasteiger partial charge in [-0.1, -0.05) is 13.2 Å². The maximum Gasteiger partial charge on any atom is 0.336 e. The molecule has 8 nitrogen and oxygen atoms in total. The van der Waals surface area contributed by atoms with E-state index in [0.29, 0.717) is 22.5 Å². The Morgan fingerprint density at radius 3 is 1.54 bits per heavy atom. The highest BCUT2D eigenvalue weighted by atomic mass is 16.5. The summed E-state index contributed by atoms with van der Waals surface area (Å²) in [6.07, 6.45) is 0.330. The Labute approximate surface area is 161 Å². The van der Waals surface area contributed by atoms with Gasteiger partial charge >= 0.3 is 11.9 Å². The second-order valence-corrected chi connectivity index (χ2v) is 5.79. The third-order valence-electron chi connectivity index (χ3n) is 4.02. The highest BCUT2D eigenvalue weighted by Gasteiger charge is 2.21. The number of aliphatic hydroxyl groups is 2. The van der Waals surface area contributed by atoms with Crippen LogP contribution in [0.5, 0.6) is 0 Å². The maximum absolute atomic E-state index is 11.6. The zero-order chi connectivity index (χ0) is 20.8. The quantitative estimate of drug-likeness (QED) is 0.547. The first-order chi connectivity index (χ1) is 13.3. The van der Waals surface area contributed by atoms with Gasteiger partial charge in [-0.25, -0.2) is 9.59 Å². The van der Waals surface area contributed by atoms with Crippen LogP contribution in [0.4, 0.5) is 0 Å². The fourth-order valence-electron chi connectivity index (χ4n) is 2.40. The molecule has 0 saturated heterocycles. The number of hydrogen-bond acceptors (Lipinski definition) is 8. The highest BCUT2D eigenvalue weighted by molar-refractivity contribution is 5.89. The number of aliphatic hydroxyl groups excluding tert-OH is 2. The summed E-state index contributed by atoms with van der Waals surface area (Å²) in [5, 5.41) is 20.6. The molecule has 2 aromatic heterocycles. The molecule has 2 atom stereocenters. The van der Waals surface area contributed by atoms with Crippen LogP contribution >= 0.6 is 0 Å². The van der Waals surface area contributed by atoms with E-state index in [1.807, 2.05) is 0 Å². The largest absolute Gasteiger partial charge is 0.466 e. The number of nitrogens with zero attached hydrogens (tertiary/aromatic N) is 2. The van der Waals surface area contributed by atoms with Gasteiger partial charge in [0.15, 0.2) is 0 Å². The lowest BCUT2D eigenvalue weighted by atomic mass is 10.0. The number of aromatic nitrogens is 2. The van der Waals surface area contributed by atoms with Crippen molar-refractivity contribution in [2.24, 2.45) is 0 Å². The molecule has 0 bridgehead atoms. The molecule has 8 heteroatoms. The molecular weight excluding hydrogens is 364 g/mol. The van der Waals surface area contributed by atoms with Crippen LogP contribution in [0.3, 0.4) is 0 Å². The van der Waals surface area contributed by atoms with Crippen LogP contribution in [0.15, 0.2) is 61.0 Å². The highest BCUT2D eigenvalue weighted by Crippen LogP contribution is 2.27. The molecule has 2 heterocycles. The zero-order valence-corrected chi connectivity index (χ0v) is 15.5. The van der Waals surface area contributed by atoms with E-state index in [0.717, 1.165) is 0 Å². The Hall–Kier alpha value is -3.36. The molecule has 146 valence electrons. The molecule has 0 aliphatic carbocycles. The lowest BCUT2D eigenvalue weighted by molar-refractivity contribution is -0.138. The topological polar surface area (TPSA) is 119 Å². The second-order valence-electron chi connectivity index (χ2n) is 5.79. The second kappa shape index (κ2) is 9.03. The number of carbonyl (C=O) groups is 2. The van der Waals surface area contributed by atoms with E-state index in [2.05, 4.69) is 32.6 Å². The number of hydrogen-bond donors (Lipinski definition) is 2. The van der Waals surface area contributed by atoms with Gasteiger partial charge in [0.2, 0.25) is 0 Å². The fourth-order valence-corrected chi connectivity index (χ4v) is 2.40. The number of methoxy groups -OCH3 is 2. The van der Waals surface area contributed by atoms with Crippen molar-refractivity contribution < 1.29 is 29.3 Å². The van der Waals surface area contributed by atoms with Gasteiger partial charge in [0.1, 0.15) is 12.2 Å². The molecule has 0 amide bonds. The van der Waals surface area contributed by atoms with Crippen LogP contribution in [0.1, 0.15) is 23.3 Å². The summed E-state index contributed by atoms with van der Waals surface area (Å²) in [4.78, 5) is 31.5. The van der Waals surface area contributed by atoms with Crippen LogP contribution in [-0.2, 0) is 19.1 Å². The predicted molar refractivity (Wildman–Crippen MR) is 99.7 cm³/mol. The minimum Gasteiger partial charge on any atom is -0.466 e. The van der Waals surface area contributed by atoms with E-state index in [4.69, 9.17) is 0 Å². The number of ether oxygens (including phenoxy) is 2. The van der Waals surface area contributed by atoms with Crippen molar-refractivity contribution in [1.82, 2.24) is 9.97 Å². The smallest absolute Gasteiger partial charge is 0.336 e. The standard InChI is InChI=1S/C20H20N2O6/c1-11(19(25)27-3)17(23)13-5-7-21-15(9-13)16-10-14(6-8-22-16)18(24)12(2)20(26)28-4/h5-10,17-18,23-24H,1-2H2,3-4H3. The molecule has 0 aromatic carbocycles. The lowest BCUT2D eigenvalue weighted by Crippen LogP contribution is -2.12. The van der Waals surface area contributed by atoms with Crippen LogP contribution in [-0.4, -0.2) is 46.3 Å². The predicted octanol–water partition coefficient (Wildman–Crippen LogP) is 1.67. The summed E-state index contributed by atoms with van der Waals surface area (Å²) in [5.41, 5.74) is 1.26. The van der Waals surface area contributed by atoms with Gasteiger partial charge in [-0.05, 0) is 35.4 Å². The average molecular weight is 384 g/mol. The Bertz CT molecular complexity index is 849. The SMILES string of the molecule is C=C(C(=O)OC)C(O)c1ccnc(-c2cc(C(O)C(=C)C(=O)OC)ccn2)c1. The van der Waals surface area contributed by atoms with E-state index < -0.39 is 24.1 Å². The van der Waals surface area contributed by atoms with E-state index >= 15 is 0 Å². The number of carbonyl (C=O) groups excluding carboxylic acids is 2. The van der Waals surface area contributed by atoms with Crippen LogP contribution in [0.25, 0.3) is 11.4 Å². The monoisotopic (exact) mass is 384 g/mol. The van der Waals surface area contributed by atoms with Crippen LogP contribution in [0.2, 0.25) is 0 Å².